The topological polar surface area (TPSA) is 20.2 Å². The van der Waals surface area contributed by atoms with Crippen molar-refractivity contribution in [2.24, 2.45) is 0 Å². The highest BCUT2D eigenvalue weighted by Gasteiger charge is 2.07. The predicted octanol–water partition coefficient (Wildman–Crippen LogP) is 3.57. The summed E-state index contributed by atoms with van der Waals surface area (Å²) in [5, 5.41) is 9.51. The number of aliphatic hydroxyl groups excluding tert-OH is 1. The Hall–Kier alpha value is -0.600. The molecule has 15 heavy (non-hydrogen) atoms. The van der Waals surface area contributed by atoms with E-state index in [1.165, 1.54) is 0 Å². The molecule has 0 bridgehead atoms. The first-order valence-electron chi connectivity index (χ1n) is 5.26. The first kappa shape index (κ1) is 12.5. The van der Waals surface area contributed by atoms with E-state index in [4.69, 9.17) is 11.6 Å². The van der Waals surface area contributed by atoms with Crippen molar-refractivity contribution in [3.05, 3.63) is 34.6 Å². The highest BCUT2D eigenvalue weighted by Crippen LogP contribution is 2.19. The summed E-state index contributed by atoms with van der Waals surface area (Å²) in [5.74, 6) is -0.329. The number of hydrogen-bond acceptors (Lipinski definition) is 1. The molecule has 0 aliphatic carbocycles. The van der Waals surface area contributed by atoms with Crippen LogP contribution in [0.2, 0.25) is 5.02 Å². The highest BCUT2D eigenvalue weighted by atomic mass is 35.5. The molecule has 1 atom stereocenters. The molecule has 1 nitrogen and oxygen atoms in total. The van der Waals surface area contributed by atoms with E-state index in [2.05, 4.69) is 0 Å². The van der Waals surface area contributed by atoms with Crippen molar-refractivity contribution < 1.29 is 9.50 Å². The van der Waals surface area contributed by atoms with Gasteiger partial charge in [-0.3, -0.25) is 0 Å². The van der Waals surface area contributed by atoms with Crippen LogP contribution in [0, 0.1) is 5.82 Å². The lowest BCUT2D eigenvalue weighted by atomic mass is 10.0. The quantitative estimate of drug-likeness (QED) is 0.820. The molecule has 1 aromatic rings. The van der Waals surface area contributed by atoms with Crippen molar-refractivity contribution in [3.63, 3.8) is 0 Å². The molecule has 1 unspecified atom stereocenters. The van der Waals surface area contributed by atoms with E-state index in [1.807, 2.05) is 6.92 Å². The summed E-state index contributed by atoms with van der Waals surface area (Å²) in [5.41, 5.74) is 0.630. The van der Waals surface area contributed by atoms with Crippen molar-refractivity contribution >= 4 is 11.6 Å². The normalized spacial score (nSPS) is 12.8. The Morgan fingerprint density at radius 3 is 2.87 bits per heavy atom. The zero-order valence-corrected chi connectivity index (χ0v) is 9.60. The molecule has 0 saturated heterocycles. The molecular weight excluding hydrogens is 215 g/mol. The summed E-state index contributed by atoms with van der Waals surface area (Å²) >= 11 is 5.66. The monoisotopic (exact) mass is 230 g/mol. The number of benzene rings is 1. The van der Waals surface area contributed by atoms with Gasteiger partial charge in [-0.15, -0.1) is 0 Å². The van der Waals surface area contributed by atoms with Crippen LogP contribution < -0.4 is 0 Å². The van der Waals surface area contributed by atoms with Gasteiger partial charge in [-0.1, -0.05) is 30.7 Å². The average Bonchev–Trinajstić information content (AvgIpc) is 2.24. The highest BCUT2D eigenvalue weighted by molar-refractivity contribution is 6.30. The summed E-state index contributed by atoms with van der Waals surface area (Å²) in [6.45, 7) is 1.94. The largest absolute Gasteiger partial charge is 0.393 e. The van der Waals surface area contributed by atoms with Gasteiger partial charge < -0.3 is 5.11 Å². The van der Waals surface area contributed by atoms with Crippen LogP contribution in [0.3, 0.4) is 0 Å². The van der Waals surface area contributed by atoms with Crippen LogP contribution >= 0.6 is 11.6 Å². The maximum Gasteiger partial charge on any atom is 0.144 e. The van der Waals surface area contributed by atoms with Crippen molar-refractivity contribution in [2.45, 2.75) is 38.7 Å². The minimum atomic E-state index is -0.329. The van der Waals surface area contributed by atoms with Gasteiger partial charge in [-0.25, -0.2) is 4.39 Å². The van der Waals surface area contributed by atoms with Crippen LogP contribution in [0.4, 0.5) is 4.39 Å². The number of rotatable bonds is 5. The molecule has 0 saturated carbocycles. The summed E-state index contributed by atoms with van der Waals surface area (Å²) in [6, 6.07) is 5.03. The molecule has 0 radical (unpaired) electrons. The Bertz CT molecular complexity index is 314. The summed E-state index contributed by atoms with van der Waals surface area (Å²) in [6.07, 6.45) is 2.60. The first-order chi connectivity index (χ1) is 7.15. The first-order valence-corrected chi connectivity index (χ1v) is 5.64. The molecule has 0 amide bonds. The van der Waals surface area contributed by atoms with Gasteiger partial charge in [-0.05, 0) is 37.3 Å². The Morgan fingerprint density at radius 1 is 1.47 bits per heavy atom. The van der Waals surface area contributed by atoms with E-state index in [9.17, 15) is 9.50 Å². The van der Waals surface area contributed by atoms with E-state index in [-0.39, 0.29) is 16.9 Å². The molecule has 3 heteroatoms. The van der Waals surface area contributed by atoms with E-state index in [1.54, 1.807) is 18.2 Å². The van der Waals surface area contributed by atoms with Crippen LogP contribution in [0.25, 0.3) is 0 Å². The fourth-order valence-electron chi connectivity index (χ4n) is 1.47. The molecule has 0 aliphatic rings. The van der Waals surface area contributed by atoms with Gasteiger partial charge in [0.1, 0.15) is 5.82 Å². The molecule has 0 heterocycles. The van der Waals surface area contributed by atoms with Gasteiger partial charge in [0.2, 0.25) is 0 Å². The molecular formula is C12H16ClFO. The molecule has 1 rings (SSSR count). The zero-order chi connectivity index (χ0) is 11.3. The Labute approximate surface area is 94.9 Å². The standard InChI is InChI=1S/C12H16ClFO/c1-2-10(15)7-3-5-9-6-4-8-11(13)12(9)14/h4,6,8,10,15H,2-3,5,7H2,1H3. The average molecular weight is 231 g/mol. The molecule has 1 aromatic carbocycles. The van der Waals surface area contributed by atoms with Crippen LogP contribution in [-0.4, -0.2) is 11.2 Å². The van der Waals surface area contributed by atoms with Gasteiger partial charge in [0.25, 0.3) is 0 Å². The molecule has 84 valence electrons. The van der Waals surface area contributed by atoms with Crippen molar-refractivity contribution in [3.8, 4) is 0 Å². The summed E-state index contributed by atoms with van der Waals surface area (Å²) in [4.78, 5) is 0. The fourth-order valence-corrected chi connectivity index (χ4v) is 1.67. The minimum Gasteiger partial charge on any atom is -0.393 e. The van der Waals surface area contributed by atoms with Gasteiger partial charge >= 0.3 is 0 Å². The van der Waals surface area contributed by atoms with Crippen LogP contribution in [-0.2, 0) is 6.42 Å². The molecule has 0 fully saturated rings. The second kappa shape index (κ2) is 6.09. The third-order valence-corrected chi connectivity index (χ3v) is 2.78. The van der Waals surface area contributed by atoms with Crippen LogP contribution in [0.5, 0.6) is 0 Å². The van der Waals surface area contributed by atoms with E-state index >= 15 is 0 Å². The van der Waals surface area contributed by atoms with Crippen LogP contribution in [0.1, 0.15) is 31.7 Å². The Balaban J connectivity index is 2.47. The lowest BCUT2D eigenvalue weighted by Gasteiger charge is -2.08. The minimum absolute atomic E-state index is 0.170. The number of halogens is 2. The number of aryl methyl sites for hydroxylation is 1. The molecule has 0 spiro atoms. The van der Waals surface area contributed by atoms with E-state index in [0.717, 1.165) is 12.8 Å². The fraction of sp³-hybridized carbons (Fsp3) is 0.500. The molecule has 0 aliphatic heterocycles. The van der Waals surface area contributed by atoms with Crippen molar-refractivity contribution in [2.75, 3.05) is 0 Å². The summed E-state index contributed by atoms with van der Waals surface area (Å²) in [7, 11) is 0. The van der Waals surface area contributed by atoms with E-state index in [0.29, 0.717) is 18.4 Å². The summed E-state index contributed by atoms with van der Waals surface area (Å²) < 4.78 is 13.4. The SMILES string of the molecule is CCC(O)CCCc1cccc(Cl)c1F. The van der Waals surface area contributed by atoms with Gasteiger partial charge in [-0.2, -0.15) is 0 Å². The van der Waals surface area contributed by atoms with E-state index < -0.39 is 0 Å². The lowest BCUT2D eigenvalue weighted by Crippen LogP contribution is -2.04. The van der Waals surface area contributed by atoms with Gasteiger partial charge in [0.15, 0.2) is 0 Å². The van der Waals surface area contributed by atoms with Crippen LogP contribution in [0.15, 0.2) is 18.2 Å². The second-order valence-electron chi connectivity index (χ2n) is 3.67. The molecule has 0 aromatic heterocycles. The predicted molar refractivity (Wildman–Crippen MR) is 60.6 cm³/mol. The third-order valence-electron chi connectivity index (χ3n) is 2.49. The number of aliphatic hydroxyl groups is 1. The van der Waals surface area contributed by atoms with Crippen molar-refractivity contribution in [1.29, 1.82) is 0 Å². The Kier molecular flexibility index (Phi) is 5.06. The maximum atomic E-state index is 13.4. The Morgan fingerprint density at radius 2 is 2.20 bits per heavy atom. The lowest BCUT2D eigenvalue weighted by molar-refractivity contribution is 0.157. The zero-order valence-electron chi connectivity index (χ0n) is 8.84. The smallest absolute Gasteiger partial charge is 0.144 e. The maximum absolute atomic E-state index is 13.4. The van der Waals surface area contributed by atoms with Crippen molar-refractivity contribution in [1.82, 2.24) is 0 Å². The molecule has 1 N–H and O–H groups in total. The second-order valence-corrected chi connectivity index (χ2v) is 4.07. The van der Waals surface area contributed by atoms with Gasteiger partial charge in [0.05, 0.1) is 11.1 Å². The number of hydrogen-bond donors (Lipinski definition) is 1. The van der Waals surface area contributed by atoms with Gasteiger partial charge in [0, 0.05) is 0 Å². The third kappa shape index (κ3) is 3.80.